The zero-order valence-electron chi connectivity index (χ0n) is 15.5. The Morgan fingerprint density at radius 1 is 1.15 bits per heavy atom. The van der Waals surface area contributed by atoms with Gasteiger partial charge in [0.15, 0.2) is 5.69 Å². The molecule has 1 aromatic carbocycles. The zero-order valence-corrected chi connectivity index (χ0v) is 15.5. The first kappa shape index (κ1) is 18.4. The van der Waals surface area contributed by atoms with Crippen molar-refractivity contribution in [1.29, 1.82) is 0 Å². The van der Waals surface area contributed by atoms with E-state index >= 15 is 0 Å². The molecule has 0 saturated heterocycles. The van der Waals surface area contributed by atoms with E-state index in [1.807, 2.05) is 38.1 Å². The summed E-state index contributed by atoms with van der Waals surface area (Å²) in [6.45, 7) is 6.12. The van der Waals surface area contributed by atoms with Crippen molar-refractivity contribution in [1.82, 2.24) is 19.6 Å². The molecule has 0 saturated carbocycles. The van der Waals surface area contributed by atoms with E-state index in [2.05, 4.69) is 20.8 Å². The minimum absolute atomic E-state index is 0.165. The molecule has 2 amide bonds. The number of rotatable bonds is 6. The molecule has 0 spiro atoms. The molecule has 0 aliphatic heterocycles. The van der Waals surface area contributed by atoms with Gasteiger partial charge in [0.05, 0.1) is 5.69 Å². The standard InChI is InChI=1S/C19H22N6O2/c1-4-24-12-16(22-18(26)14(3)25-13(2)10-11-20-25)17(23-24)19(27)21-15-8-6-5-7-9-15/h5-12,14H,4H2,1-3H3,(H,21,27)(H,22,26). The van der Waals surface area contributed by atoms with Crippen LogP contribution in [-0.2, 0) is 11.3 Å². The van der Waals surface area contributed by atoms with Gasteiger partial charge in [-0.3, -0.25) is 19.0 Å². The fourth-order valence-corrected chi connectivity index (χ4v) is 2.69. The number of aromatic nitrogens is 4. The fraction of sp³-hybridized carbons (Fsp3) is 0.263. The van der Waals surface area contributed by atoms with Crippen molar-refractivity contribution in [3.05, 3.63) is 60.2 Å². The number of hydrogen-bond acceptors (Lipinski definition) is 4. The maximum Gasteiger partial charge on any atom is 0.278 e. The predicted molar refractivity (Wildman–Crippen MR) is 103 cm³/mol. The van der Waals surface area contributed by atoms with Crippen LogP contribution >= 0.6 is 0 Å². The summed E-state index contributed by atoms with van der Waals surface area (Å²) in [6.07, 6.45) is 3.30. The van der Waals surface area contributed by atoms with Crippen LogP contribution in [0.25, 0.3) is 0 Å². The van der Waals surface area contributed by atoms with Gasteiger partial charge in [-0.25, -0.2) is 0 Å². The zero-order chi connectivity index (χ0) is 19.4. The van der Waals surface area contributed by atoms with Gasteiger partial charge >= 0.3 is 0 Å². The fourth-order valence-electron chi connectivity index (χ4n) is 2.69. The van der Waals surface area contributed by atoms with Crippen LogP contribution in [0.3, 0.4) is 0 Å². The Morgan fingerprint density at radius 2 is 1.89 bits per heavy atom. The number of benzene rings is 1. The van der Waals surface area contributed by atoms with Crippen LogP contribution in [0.1, 0.15) is 36.1 Å². The largest absolute Gasteiger partial charge is 0.321 e. The molecule has 1 unspecified atom stereocenters. The van der Waals surface area contributed by atoms with Crippen LogP contribution in [0, 0.1) is 6.92 Å². The van der Waals surface area contributed by atoms with Crippen LogP contribution in [0.2, 0.25) is 0 Å². The maximum atomic E-state index is 12.7. The van der Waals surface area contributed by atoms with Gasteiger partial charge in [0, 0.05) is 30.3 Å². The van der Waals surface area contributed by atoms with E-state index in [4.69, 9.17) is 0 Å². The van der Waals surface area contributed by atoms with E-state index in [0.29, 0.717) is 17.9 Å². The minimum atomic E-state index is -0.519. The smallest absolute Gasteiger partial charge is 0.278 e. The summed E-state index contributed by atoms with van der Waals surface area (Å²) in [6, 6.07) is 10.4. The number of nitrogens with one attached hydrogen (secondary N) is 2. The molecule has 0 bridgehead atoms. The number of carbonyl (C=O) groups excluding carboxylic acids is 2. The second kappa shape index (κ2) is 7.86. The van der Waals surface area contributed by atoms with Crippen LogP contribution in [0.4, 0.5) is 11.4 Å². The Bertz CT molecular complexity index is 944. The van der Waals surface area contributed by atoms with E-state index in [1.54, 1.807) is 40.8 Å². The molecule has 8 nitrogen and oxygen atoms in total. The normalized spacial score (nSPS) is 11.8. The molecule has 27 heavy (non-hydrogen) atoms. The number of para-hydroxylation sites is 1. The number of carbonyl (C=O) groups is 2. The van der Waals surface area contributed by atoms with Crippen molar-refractivity contribution in [3.8, 4) is 0 Å². The van der Waals surface area contributed by atoms with Gasteiger partial charge in [0.2, 0.25) is 5.91 Å². The van der Waals surface area contributed by atoms with Crippen LogP contribution in [0.5, 0.6) is 0 Å². The Labute approximate surface area is 157 Å². The van der Waals surface area contributed by atoms with Gasteiger partial charge in [-0.2, -0.15) is 10.2 Å². The number of amides is 2. The maximum absolute atomic E-state index is 12.7. The van der Waals surface area contributed by atoms with Gasteiger partial charge < -0.3 is 10.6 Å². The minimum Gasteiger partial charge on any atom is -0.321 e. The van der Waals surface area contributed by atoms with E-state index in [-0.39, 0.29) is 17.5 Å². The summed E-state index contributed by atoms with van der Waals surface area (Å²) >= 11 is 0. The number of nitrogens with zero attached hydrogens (tertiary/aromatic N) is 4. The topological polar surface area (TPSA) is 93.8 Å². The first-order chi connectivity index (χ1) is 13.0. The average molecular weight is 366 g/mol. The molecule has 0 fully saturated rings. The van der Waals surface area contributed by atoms with E-state index in [0.717, 1.165) is 5.69 Å². The van der Waals surface area contributed by atoms with Crippen molar-refractivity contribution < 1.29 is 9.59 Å². The Hall–Kier alpha value is -3.42. The third-order valence-corrected chi connectivity index (χ3v) is 4.20. The van der Waals surface area contributed by atoms with Crippen molar-refractivity contribution in [2.75, 3.05) is 10.6 Å². The predicted octanol–water partition coefficient (Wildman–Crippen LogP) is 2.86. The first-order valence-corrected chi connectivity index (χ1v) is 8.74. The lowest BCUT2D eigenvalue weighted by Crippen LogP contribution is -2.26. The van der Waals surface area contributed by atoms with Gasteiger partial charge in [0.1, 0.15) is 6.04 Å². The highest BCUT2D eigenvalue weighted by Gasteiger charge is 2.22. The van der Waals surface area contributed by atoms with Crippen molar-refractivity contribution in [2.24, 2.45) is 0 Å². The van der Waals surface area contributed by atoms with Crippen LogP contribution < -0.4 is 10.6 Å². The molecule has 0 aliphatic carbocycles. The third-order valence-electron chi connectivity index (χ3n) is 4.20. The number of hydrogen-bond donors (Lipinski definition) is 2. The molecule has 0 radical (unpaired) electrons. The number of anilines is 2. The monoisotopic (exact) mass is 366 g/mol. The number of aryl methyl sites for hydroxylation is 2. The Balaban J connectivity index is 1.81. The van der Waals surface area contributed by atoms with E-state index in [1.165, 1.54) is 0 Å². The van der Waals surface area contributed by atoms with Gasteiger partial charge in [-0.15, -0.1) is 0 Å². The van der Waals surface area contributed by atoms with E-state index in [9.17, 15) is 9.59 Å². The molecule has 2 N–H and O–H groups in total. The first-order valence-electron chi connectivity index (χ1n) is 8.74. The quantitative estimate of drug-likeness (QED) is 0.701. The Morgan fingerprint density at radius 3 is 2.52 bits per heavy atom. The highest BCUT2D eigenvalue weighted by Crippen LogP contribution is 2.19. The molecular weight excluding hydrogens is 344 g/mol. The third kappa shape index (κ3) is 4.05. The summed E-state index contributed by atoms with van der Waals surface area (Å²) < 4.78 is 3.24. The second-order valence-corrected chi connectivity index (χ2v) is 6.15. The summed E-state index contributed by atoms with van der Waals surface area (Å²) in [5.74, 6) is -0.655. The van der Waals surface area contributed by atoms with Crippen molar-refractivity contribution in [2.45, 2.75) is 33.4 Å². The van der Waals surface area contributed by atoms with E-state index < -0.39 is 6.04 Å². The summed E-state index contributed by atoms with van der Waals surface area (Å²) in [5, 5.41) is 14.0. The molecule has 1 atom stereocenters. The van der Waals surface area contributed by atoms with Crippen LogP contribution in [-0.4, -0.2) is 31.4 Å². The lowest BCUT2D eigenvalue weighted by atomic mass is 10.2. The van der Waals surface area contributed by atoms with Crippen molar-refractivity contribution >= 4 is 23.2 Å². The van der Waals surface area contributed by atoms with Gasteiger partial charge in [-0.05, 0) is 39.0 Å². The second-order valence-electron chi connectivity index (χ2n) is 6.15. The summed E-state index contributed by atoms with van der Waals surface area (Å²) in [5.41, 5.74) is 2.07. The summed E-state index contributed by atoms with van der Waals surface area (Å²) in [4.78, 5) is 25.3. The SMILES string of the molecule is CCn1cc(NC(=O)C(C)n2nccc2C)c(C(=O)Nc2ccccc2)n1. The Kier molecular flexibility index (Phi) is 5.35. The molecule has 0 aliphatic rings. The lowest BCUT2D eigenvalue weighted by molar-refractivity contribution is -0.119. The molecule has 140 valence electrons. The molecule has 8 heteroatoms. The van der Waals surface area contributed by atoms with Crippen molar-refractivity contribution in [3.63, 3.8) is 0 Å². The molecule has 3 aromatic rings. The molecule has 3 rings (SSSR count). The van der Waals surface area contributed by atoms with Crippen LogP contribution in [0.15, 0.2) is 48.8 Å². The summed E-state index contributed by atoms with van der Waals surface area (Å²) in [7, 11) is 0. The molecular formula is C19H22N6O2. The molecule has 2 aromatic heterocycles. The van der Waals surface area contributed by atoms with Gasteiger partial charge in [0.25, 0.3) is 5.91 Å². The molecule has 2 heterocycles. The highest BCUT2D eigenvalue weighted by atomic mass is 16.2. The average Bonchev–Trinajstić information content (AvgIpc) is 3.28. The highest BCUT2D eigenvalue weighted by molar-refractivity contribution is 6.09. The lowest BCUT2D eigenvalue weighted by Gasteiger charge is -2.14. The van der Waals surface area contributed by atoms with Gasteiger partial charge in [-0.1, -0.05) is 18.2 Å².